The van der Waals surface area contributed by atoms with Gasteiger partial charge in [-0.25, -0.2) is 4.39 Å². The molecule has 0 fully saturated rings. The van der Waals surface area contributed by atoms with E-state index in [1.807, 2.05) is 6.07 Å². The van der Waals surface area contributed by atoms with Gasteiger partial charge in [0.1, 0.15) is 5.82 Å². The SMILES string of the molecule is Cc1noc(Cl)c1CCC(=O)NC1CCc2c(F)cccc21. The van der Waals surface area contributed by atoms with Crippen LogP contribution in [0, 0.1) is 12.7 Å². The molecule has 1 amide bonds. The zero-order valence-corrected chi connectivity index (χ0v) is 12.9. The van der Waals surface area contributed by atoms with Gasteiger partial charge in [-0.3, -0.25) is 4.79 Å². The van der Waals surface area contributed by atoms with E-state index in [9.17, 15) is 9.18 Å². The highest BCUT2D eigenvalue weighted by atomic mass is 35.5. The molecule has 1 aliphatic rings. The summed E-state index contributed by atoms with van der Waals surface area (Å²) in [6.07, 6.45) is 2.16. The van der Waals surface area contributed by atoms with Crippen LogP contribution in [0.25, 0.3) is 0 Å². The topological polar surface area (TPSA) is 55.1 Å². The number of carbonyl (C=O) groups is 1. The van der Waals surface area contributed by atoms with Crippen LogP contribution >= 0.6 is 11.6 Å². The first-order chi connectivity index (χ1) is 10.6. The first-order valence-electron chi connectivity index (χ1n) is 7.23. The largest absolute Gasteiger partial charge is 0.349 e. The van der Waals surface area contributed by atoms with Gasteiger partial charge in [0.25, 0.3) is 0 Å². The van der Waals surface area contributed by atoms with E-state index < -0.39 is 0 Å². The molecule has 0 aliphatic heterocycles. The fourth-order valence-corrected chi connectivity index (χ4v) is 3.17. The summed E-state index contributed by atoms with van der Waals surface area (Å²) in [5.74, 6) is -0.278. The van der Waals surface area contributed by atoms with E-state index >= 15 is 0 Å². The molecule has 1 heterocycles. The van der Waals surface area contributed by atoms with Crippen LogP contribution in [0.5, 0.6) is 0 Å². The van der Waals surface area contributed by atoms with Gasteiger partial charge in [-0.2, -0.15) is 0 Å². The fourth-order valence-electron chi connectivity index (χ4n) is 2.90. The Morgan fingerprint density at radius 3 is 3.09 bits per heavy atom. The number of hydrogen-bond donors (Lipinski definition) is 1. The molecule has 1 atom stereocenters. The van der Waals surface area contributed by atoms with E-state index in [1.54, 1.807) is 13.0 Å². The van der Waals surface area contributed by atoms with Gasteiger partial charge in [-0.1, -0.05) is 17.3 Å². The summed E-state index contributed by atoms with van der Waals surface area (Å²) in [5.41, 5.74) is 3.05. The molecular weight excluding hydrogens is 307 g/mol. The second kappa shape index (κ2) is 6.08. The second-order valence-corrected chi connectivity index (χ2v) is 5.83. The monoisotopic (exact) mass is 322 g/mol. The summed E-state index contributed by atoms with van der Waals surface area (Å²) in [6.45, 7) is 1.79. The lowest BCUT2D eigenvalue weighted by Crippen LogP contribution is -2.27. The normalized spacial score (nSPS) is 16.6. The molecular formula is C16H16ClFN2O2. The highest BCUT2D eigenvalue weighted by Crippen LogP contribution is 2.32. The van der Waals surface area contributed by atoms with Gasteiger partial charge in [0.2, 0.25) is 11.1 Å². The van der Waals surface area contributed by atoms with E-state index in [0.29, 0.717) is 30.5 Å². The number of halogens is 2. The molecule has 3 rings (SSSR count). The van der Waals surface area contributed by atoms with Gasteiger partial charge in [-0.05, 0) is 55.0 Å². The lowest BCUT2D eigenvalue weighted by Gasteiger charge is -2.14. The smallest absolute Gasteiger partial charge is 0.229 e. The third-order valence-corrected chi connectivity index (χ3v) is 4.38. The van der Waals surface area contributed by atoms with Crippen molar-refractivity contribution < 1.29 is 13.7 Å². The summed E-state index contributed by atoms with van der Waals surface area (Å²) in [7, 11) is 0. The molecule has 1 unspecified atom stereocenters. The van der Waals surface area contributed by atoms with Gasteiger partial charge in [-0.15, -0.1) is 0 Å². The molecule has 0 spiro atoms. The van der Waals surface area contributed by atoms with Gasteiger partial charge < -0.3 is 9.84 Å². The lowest BCUT2D eigenvalue weighted by molar-refractivity contribution is -0.121. The predicted octanol–water partition coefficient (Wildman–Crippen LogP) is 3.51. The molecule has 4 nitrogen and oxygen atoms in total. The molecule has 0 saturated carbocycles. The predicted molar refractivity (Wildman–Crippen MR) is 80.2 cm³/mol. The van der Waals surface area contributed by atoms with Crippen LogP contribution in [-0.2, 0) is 17.6 Å². The molecule has 2 aromatic rings. The van der Waals surface area contributed by atoms with Crippen molar-refractivity contribution in [2.45, 2.75) is 38.6 Å². The van der Waals surface area contributed by atoms with Crippen LogP contribution in [0.4, 0.5) is 4.39 Å². The number of hydrogen-bond acceptors (Lipinski definition) is 3. The molecule has 0 saturated heterocycles. The number of benzene rings is 1. The third kappa shape index (κ3) is 2.86. The lowest BCUT2D eigenvalue weighted by atomic mass is 10.1. The molecule has 0 bridgehead atoms. The van der Waals surface area contributed by atoms with E-state index in [-0.39, 0.29) is 23.0 Å². The maximum absolute atomic E-state index is 13.7. The Balaban J connectivity index is 1.61. The Hall–Kier alpha value is -1.88. The summed E-state index contributed by atoms with van der Waals surface area (Å²) < 4.78 is 18.5. The quantitative estimate of drug-likeness (QED) is 0.937. The Morgan fingerprint density at radius 2 is 2.36 bits per heavy atom. The Kier molecular flexibility index (Phi) is 4.16. The zero-order valence-electron chi connectivity index (χ0n) is 12.2. The van der Waals surface area contributed by atoms with Gasteiger partial charge in [0.15, 0.2) is 0 Å². The summed E-state index contributed by atoms with van der Waals surface area (Å²) in [5, 5.41) is 6.96. The molecule has 6 heteroatoms. The number of carbonyl (C=O) groups excluding carboxylic acids is 1. The minimum atomic E-state index is -0.193. The van der Waals surface area contributed by atoms with Gasteiger partial charge in [0.05, 0.1) is 11.7 Å². The molecule has 1 aromatic heterocycles. The van der Waals surface area contributed by atoms with Crippen molar-refractivity contribution in [3.63, 3.8) is 0 Å². The molecule has 22 heavy (non-hydrogen) atoms. The van der Waals surface area contributed by atoms with Crippen LogP contribution in [0.15, 0.2) is 22.7 Å². The van der Waals surface area contributed by atoms with Crippen LogP contribution in [0.3, 0.4) is 0 Å². The summed E-state index contributed by atoms with van der Waals surface area (Å²) >= 11 is 5.88. The fraction of sp³-hybridized carbons (Fsp3) is 0.375. The molecule has 0 radical (unpaired) electrons. The molecule has 116 valence electrons. The maximum Gasteiger partial charge on any atom is 0.229 e. The van der Waals surface area contributed by atoms with Crippen LogP contribution in [0.2, 0.25) is 5.22 Å². The standard InChI is InChI=1S/C16H16ClFN2O2/c1-9-10(16(17)22-20-9)6-8-15(21)19-14-7-5-11-12(14)3-2-4-13(11)18/h2-4,14H,5-8H2,1H3,(H,19,21). The van der Waals surface area contributed by atoms with Crippen molar-refractivity contribution >= 4 is 17.5 Å². The maximum atomic E-state index is 13.7. The number of rotatable bonds is 4. The first-order valence-corrected chi connectivity index (χ1v) is 7.61. The number of aryl methyl sites for hydroxylation is 1. The van der Waals surface area contributed by atoms with Crippen molar-refractivity contribution in [2.75, 3.05) is 0 Å². The minimum absolute atomic E-state index is 0.0845. The van der Waals surface area contributed by atoms with Crippen molar-refractivity contribution in [1.82, 2.24) is 10.5 Å². The molecule has 1 N–H and O–H groups in total. The molecule has 1 aromatic carbocycles. The van der Waals surface area contributed by atoms with Crippen molar-refractivity contribution in [3.8, 4) is 0 Å². The first kappa shape index (κ1) is 15.0. The highest BCUT2D eigenvalue weighted by molar-refractivity contribution is 6.29. The van der Waals surface area contributed by atoms with Gasteiger partial charge in [0, 0.05) is 12.0 Å². The van der Waals surface area contributed by atoms with Crippen molar-refractivity contribution in [1.29, 1.82) is 0 Å². The highest BCUT2D eigenvalue weighted by Gasteiger charge is 2.26. The van der Waals surface area contributed by atoms with E-state index in [4.69, 9.17) is 16.1 Å². The number of aromatic nitrogens is 1. The number of fused-ring (bicyclic) bond motifs is 1. The van der Waals surface area contributed by atoms with Crippen molar-refractivity contribution in [3.05, 3.63) is 51.6 Å². The Morgan fingerprint density at radius 1 is 1.55 bits per heavy atom. The summed E-state index contributed by atoms with van der Waals surface area (Å²) in [4.78, 5) is 12.1. The van der Waals surface area contributed by atoms with E-state index in [2.05, 4.69) is 10.5 Å². The van der Waals surface area contributed by atoms with E-state index in [1.165, 1.54) is 6.07 Å². The van der Waals surface area contributed by atoms with Crippen LogP contribution in [0.1, 0.15) is 41.3 Å². The minimum Gasteiger partial charge on any atom is -0.349 e. The number of nitrogens with zero attached hydrogens (tertiary/aromatic N) is 1. The zero-order chi connectivity index (χ0) is 15.7. The Bertz CT molecular complexity index is 695. The summed E-state index contributed by atoms with van der Waals surface area (Å²) in [6, 6.07) is 4.90. The number of amides is 1. The third-order valence-electron chi connectivity index (χ3n) is 4.09. The Labute approximate surface area is 132 Å². The van der Waals surface area contributed by atoms with Crippen LogP contribution in [-0.4, -0.2) is 11.1 Å². The average molecular weight is 323 g/mol. The number of nitrogens with one attached hydrogen (secondary N) is 1. The van der Waals surface area contributed by atoms with Crippen LogP contribution < -0.4 is 5.32 Å². The van der Waals surface area contributed by atoms with E-state index in [0.717, 1.165) is 17.5 Å². The van der Waals surface area contributed by atoms with Crippen molar-refractivity contribution in [2.24, 2.45) is 0 Å². The second-order valence-electron chi connectivity index (χ2n) is 5.49. The molecule has 1 aliphatic carbocycles. The average Bonchev–Trinajstić information content (AvgIpc) is 3.03. The van der Waals surface area contributed by atoms with Gasteiger partial charge >= 0.3 is 0 Å².